The molecule has 0 aromatic heterocycles. The number of hydrogen-bond donors (Lipinski definition) is 2. The van der Waals surface area contributed by atoms with Gasteiger partial charge in [-0.1, -0.05) is 29.8 Å². The first-order valence-electron chi connectivity index (χ1n) is 6.49. The third kappa shape index (κ3) is 4.02. The first kappa shape index (κ1) is 13.9. The quantitative estimate of drug-likeness (QED) is 0.821. The molecule has 0 aliphatic carbocycles. The molecule has 2 aromatic rings. The van der Waals surface area contributed by atoms with Crippen molar-refractivity contribution < 1.29 is 9.53 Å². The van der Waals surface area contributed by atoms with E-state index in [1.165, 1.54) is 0 Å². The Balaban J connectivity index is 1.78. The molecule has 1 amide bonds. The molecule has 4 heteroatoms. The Bertz CT molecular complexity index is 579. The number of ether oxygens (including phenoxy) is 1. The van der Waals surface area contributed by atoms with Crippen molar-refractivity contribution in [3.63, 3.8) is 0 Å². The van der Waals surface area contributed by atoms with E-state index in [-0.39, 0.29) is 12.3 Å². The van der Waals surface area contributed by atoms with E-state index >= 15 is 0 Å². The van der Waals surface area contributed by atoms with E-state index in [0.29, 0.717) is 18.0 Å². The summed E-state index contributed by atoms with van der Waals surface area (Å²) in [4.78, 5) is 11.8. The predicted octanol–water partition coefficient (Wildman–Crippen LogP) is 2.98. The zero-order valence-corrected chi connectivity index (χ0v) is 11.4. The minimum Gasteiger partial charge on any atom is -0.491 e. The molecule has 104 valence electrons. The number of rotatable bonds is 5. The normalized spacial score (nSPS) is 10.1. The second-order valence-corrected chi connectivity index (χ2v) is 4.55. The summed E-state index contributed by atoms with van der Waals surface area (Å²) >= 11 is 0. The molecule has 3 N–H and O–H groups in total. The van der Waals surface area contributed by atoms with Crippen LogP contribution < -0.4 is 15.8 Å². The van der Waals surface area contributed by atoms with Gasteiger partial charge in [-0.3, -0.25) is 4.79 Å². The van der Waals surface area contributed by atoms with E-state index in [1.54, 1.807) is 12.1 Å². The summed E-state index contributed by atoms with van der Waals surface area (Å²) in [5, 5.41) is 2.82. The smallest absolute Gasteiger partial charge is 0.227 e. The SMILES string of the molecule is Cc1ccc(NC(=O)CCOc2ccccc2N)cc1. The van der Waals surface area contributed by atoms with Crippen LogP contribution in [0.5, 0.6) is 5.75 Å². The van der Waals surface area contributed by atoms with Crippen LogP contribution in [0.15, 0.2) is 48.5 Å². The fraction of sp³-hybridized carbons (Fsp3) is 0.188. The number of aryl methyl sites for hydroxylation is 1. The fourth-order valence-corrected chi connectivity index (χ4v) is 1.73. The van der Waals surface area contributed by atoms with Gasteiger partial charge in [-0.05, 0) is 31.2 Å². The molecule has 0 saturated heterocycles. The van der Waals surface area contributed by atoms with Gasteiger partial charge in [0.1, 0.15) is 5.75 Å². The van der Waals surface area contributed by atoms with Crippen molar-refractivity contribution in [2.75, 3.05) is 17.7 Å². The van der Waals surface area contributed by atoms with Crippen LogP contribution in [0.25, 0.3) is 0 Å². The van der Waals surface area contributed by atoms with Crippen molar-refractivity contribution in [2.45, 2.75) is 13.3 Å². The predicted molar refractivity (Wildman–Crippen MR) is 80.8 cm³/mol. The first-order valence-corrected chi connectivity index (χ1v) is 6.49. The minimum absolute atomic E-state index is 0.0802. The maximum Gasteiger partial charge on any atom is 0.227 e. The molecule has 0 bridgehead atoms. The lowest BCUT2D eigenvalue weighted by atomic mass is 10.2. The summed E-state index contributed by atoms with van der Waals surface area (Å²) in [7, 11) is 0. The molecule has 2 aromatic carbocycles. The lowest BCUT2D eigenvalue weighted by Crippen LogP contribution is -2.15. The topological polar surface area (TPSA) is 64.3 Å². The average molecular weight is 270 g/mol. The second kappa shape index (κ2) is 6.61. The van der Waals surface area contributed by atoms with Gasteiger partial charge >= 0.3 is 0 Å². The number of nitrogens with one attached hydrogen (secondary N) is 1. The molecule has 20 heavy (non-hydrogen) atoms. The van der Waals surface area contributed by atoms with Gasteiger partial charge in [0.2, 0.25) is 5.91 Å². The Labute approximate surface area is 118 Å². The summed E-state index contributed by atoms with van der Waals surface area (Å²) in [5.41, 5.74) is 8.27. The van der Waals surface area contributed by atoms with Crippen LogP contribution in [0, 0.1) is 6.92 Å². The Hall–Kier alpha value is -2.49. The van der Waals surface area contributed by atoms with Gasteiger partial charge in [-0.2, -0.15) is 0 Å². The van der Waals surface area contributed by atoms with Crippen molar-refractivity contribution in [3.05, 3.63) is 54.1 Å². The standard InChI is InChI=1S/C16H18N2O2/c1-12-6-8-13(9-7-12)18-16(19)10-11-20-15-5-3-2-4-14(15)17/h2-9H,10-11,17H2,1H3,(H,18,19). The summed E-state index contributed by atoms with van der Waals surface area (Å²) in [6, 6.07) is 14.9. The number of nitrogen functional groups attached to an aromatic ring is 1. The number of nitrogens with two attached hydrogens (primary N) is 1. The van der Waals surface area contributed by atoms with Crippen LogP contribution in [0.3, 0.4) is 0 Å². The molecular weight excluding hydrogens is 252 g/mol. The lowest BCUT2D eigenvalue weighted by molar-refractivity contribution is -0.116. The van der Waals surface area contributed by atoms with Crippen molar-refractivity contribution in [3.8, 4) is 5.75 Å². The molecule has 4 nitrogen and oxygen atoms in total. The van der Waals surface area contributed by atoms with Gasteiger partial charge in [0.15, 0.2) is 0 Å². The summed E-state index contributed by atoms with van der Waals surface area (Å²) < 4.78 is 5.48. The molecule has 0 aliphatic rings. The maximum atomic E-state index is 11.8. The molecule has 2 rings (SSSR count). The average Bonchev–Trinajstić information content (AvgIpc) is 2.43. The number of hydrogen-bond acceptors (Lipinski definition) is 3. The molecule has 0 radical (unpaired) electrons. The lowest BCUT2D eigenvalue weighted by Gasteiger charge is -2.09. The second-order valence-electron chi connectivity index (χ2n) is 4.55. The monoisotopic (exact) mass is 270 g/mol. The van der Waals surface area contributed by atoms with Crippen LogP contribution in [-0.2, 0) is 4.79 Å². The van der Waals surface area contributed by atoms with Gasteiger partial charge in [-0.25, -0.2) is 0 Å². The van der Waals surface area contributed by atoms with Crippen molar-refractivity contribution >= 4 is 17.3 Å². The van der Waals surface area contributed by atoms with E-state index in [4.69, 9.17) is 10.5 Å². The highest BCUT2D eigenvalue weighted by atomic mass is 16.5. The third-order valence-electron chi connectivity index (χ3n) is 2.84. The Morgan fingerprint density at radius 2 is 1.85 bits per heavy atom. The van der Waals surface area contributed by atoms with Crippen LogP contribution in [0.1, 0.15) is 12.0 Å². The molecule has 0 spiro atoms. The zero-order chi connectivity index (χ0) is 14.4. The molecule has 0 heterocycles. The highest BCUT2D eigenvalue weighted by molar-refractivity contribution is 5.90. The largest absolute Gasteiger partial charge is 0.491 e. The number of benzene rings is 2. The van der Waals surface area contributed by atoms with Gasteiger partial charge in [0, 0.05) is 5.69 Å². The van der Waals surface area contributed by atoms with E-state index < -0.39 is 0 Å². The van der Waals surface area contributed by atoms with Crippen LogP contribution in [-0.4, -0.2) is 12.5 Å². The zero-order valence-electron chi connectivity index (χ0n) is 11.4. The van der Waals surface area contributed by atoms with Gasteiger partial charge in [0.25, 0.3) is 0 Å². The van der Waals surface area contributed by atoms with E-state index in [9.17, 15) is 4.79 Å². The van der Waals surface area contributed by atoms with Gasteiger partial charge < -0.3 is 15.8 Å². The Kier molecular flexibility index (Phi) is 4.60. The highest BCUT2D eigenvalue weighted by Gasteiger charge is 2.04. The third-order valence-corrected chi connectivity index (χ3v) is 2.84. The fourth-order valence-electron chi connectivity index (χ4n) is 1.73. The molecule has 0 fully saturated rings. The van der Waals surface area contributed by atoms with Gasteiger partial charge in [-0.15, -0.1) is 0 Å². The number of amides is 1. The summed E-state index contributed by atoms with van der Waals surface area (Å²) in [6.07, 6.45) is 0.280. The highest BCUT2D eigenvalue weighted by Crippen LogP contribution is 2.19. The minimum atomic E-state index is -0.0802. The first-order chi connectivity index (χ1) is 9.65. The van der Waals surface area contributed by atoms with Gasteiger partial charge in [0.05, 0.1) is 18.7 Å². The van der Waals surface area contributed by atoms with E-state index in [2.05, 4.69) is 5.32 Å². The van der Waals surface area contributed by atoms with Crippen molar-refractivity contribution in [2.24, 2.45) is 0 Å². The molecular formula is C16H18N2O2. The number of carbonyl (C=O) groups excluding carboxylic acids is 1. The number of carbonyl (C=O) groups is 1. The molecule has 0 unspecified atom stereocenters. The Morgan fingerprint density at radius 1 is 1.15 bits per heavy atom. The van der Waals surface area contributed by atoms with Crippen molar-refractivity contribution in [1.29, 1.82) is 0 Å². The van der Waals surface area contributed by atoms with Crippen LogP contribution in [0.2, 0.25) is 0 Å². The summed E-state index contributed by atoms with van der Waals surface area (Å²) in [5.74, 6) is 0.527. The number of para-hydroxylation sites is 2. The molecule has 0 atom stereocenters. The van der Waals surface area contributed by atoms with Crippen LogP contribution >= 0.6 is 0 Å². The van der Waals surface area contributed by atoms with Crippen molar-refractivity contribution in [1.82, 2.24) is 0 Å². The van der Waals surface area contributed by atoms with E-state index in [0.717, 1.165) is 11.3 Å². The molecule has 0 saturated carbocycles. The Morgan fingerprint density at radius 3 is 2.55 bits per heavy atom. The maximum absolute atomic E-state index is 11.8. The summed E-state index contributed by atoms with van der Waals surface area (Å²) in [6.45, 7) is 2.30. The van der Waals surface area contributed by atoms with E-state index in [1.807, 2.05) is 43.3 Å². The van der Waals surface area contributed by atoms with Crippen LogP contribution in [0.4, 0.5) is 11.4 Å². The number of anilines is 2. The molecule has 0 aliphatic heterocycles.